The van der Waals surface area contributed by atoms with Crippen LogP contribution in [0.25, 0.3) is 0 Å². The number of benzene rings is 1. The summed E-state index contributed by atoms with van der Waals surface area (Å²) in [7, 11) is 4.01. The number of carbonyl (C=O) groups excluding carboxylic acids is 1. The Labute approximate surface area is 134 Å². The summed E-state index contributed by atoms with van der Waals surface area (Å²) in [5, 5.41) is 11.5. The van der Waals surface area contributed by atoms with Crippen molar-refractivity contribution in [2.75, 3.05) is 24.7 Å². The molecule has 0 aliphatic heterocycles. The third-order valence-corrected chi connectivity index (χ3v) is 4.18. The first kappa shape index (κ1) is 16.4. The largest absolute Gasteiger partial charge is 0.378 e. The maximum atomic E-state index is 11.9. The highest BCUT2D eigenvalue weighted by atomic mass is 32.2. The summed E-state index contributed by atoms with van der Waals surface area (Å²) in [5.74, 6) is 0.335. The predicted molar refractivity (Wildman–Crippen MR) is 89.0 cm³/mol. The Bertz CT molecular complexity index is 609. The molecule has 0 aliphatic rings. The summed E-state index contributed by atoms with van der Waals surface area (Å²) in [6.07, 6.45) is 1.67. The average Bonchev–Trinajstić information content (AvgIpc) is 2.98. The number of nitrogens with one attached hydrogen (secondary N) is 1. The molecule has 1 heterocycles. The first-order valence-electron chi connectivity index (χ1n) is 7.13. The highest BCUT2D eigenvalue weighted by Gasteiger charge is 2.07. The molecular weight excluding hydrogens is 298 g/mol. The Kier molecular flexibility index (Phi) is 5.83. The number of anilines is 1. The lowest BCUT2D eigenvalue weighted by Crippen LogP contribution is -2.24. The van der Waals surface area contributed by atoms with Crippen LogP contribution < -0.4 is 10.2 Å². The van der Waals surface area contributed by atoms with E-state index in [0.717, 1.165) is 23.0 Å². The molecule has 0 fully saturated rings. The summed E-state index contributed by atoms with van der Waals surface area (Å²) in [5.41, 5.74) is 2.23. The maximum Gasteiger partial charge on any atom is 0.230 e. The predicted octanol–water partition coefficient (Wildman–Crippen LogP) is 1.77. The molecule has 1 aromatic carbocycles. The molecule has 0 spiro atoms. The molecule has 0 bridgehead atoms. The molecule has 22 heavy (non-hydrogen) atoms. The summed E-state index contributed by atoms with van der Waals surface area (Å²) in [4.78, 5) is 13.9. The number of aryl methyl sites for hydroxylation is 1. The molecule has 0 saturated carbocycles. The van der Waals surface area contributed by atoms with Crippen molar-refractivity contribution in [3.63, 3.8) is 0 Å². The summed E-state index contributed by atoms with van der Waals surface area (Å²) < 4.78 is 1.91. The van der Waals surface area contributed by atoms with Crippen molar-refractivity contribution < 1.29 is 4.79 Å². The number of hydrogen-bond donors (Lipinski definition) is 1. The van der Waals surface area contributed by atoms with Gasteiger partial charge in [0.05, 0.1) is 5.75 Å². The van der Waals surface area contributed by atoms with Crippen LogP contribution in [-0.4, -0.2) is 40.5 Å². The third-order valence-electron chi connectivity index (χ3n) is 3.20. The Morgan fingerprint density at radius 3 is 2.68 bits per heavy atom. The van der Waals surface area contributed by atoms with Crippen molar-refractivity contribution >= 4 is 23.4 Å². The van der Waals surface area contributed by atoms with E-state index in [1.165, 1.54) is 11.8 Å². The van der Waals surface area contributed by atoms with Crippen LogP contribution in [0.15, 0.2) is 35.7 Å². The van der Waals surface area contributed by atoms with Gasteiger partial charge in [-0.1, -0.05) is 23.9 Å². The molecule has 0 atom stereocenters. The van der Waals surface area contributed by atoms with E-state index in [4.69, 9.17) is 0 Å². The summed E-state index contributed by atoms with van der Waals surface area (Å²) in [6, 6.07) is 8.13. The fraction of sp³-hybridized carbons (Fsp3) is 0.400. The first-order valence-corrected chi connectivity index (χ1v) is 8.12. The fourth-order valence-electron chi connectivity index (χ4n) is 1.87. The molecule has 0 saturated heterocycles. The van der Waals surface area contributed by atoms with Crippen LogP contribution in [0, 0.1) is 0 Å². The van der Waals surface area contributed by atoms with Gasteiger partial charge in [0.1, 0.15) is 6.33 Å². The van der Waals surface area contributed by atoms with Gasteiger partial charge in [-0.3, -0.25) is 4.79 Å². The standard InChI is InChI=1S/C15H21N5OS/c1-4-20-11-17-18-15(20)22-10-14(21)16-9-12-5-7-13(8-6-12)19(2)3/h5-8,11H,4,9-10H2,1-3H3,(H,16,21). The molecule has 2 rings (SSSR count). The third kappa shape index (κ3) is 4.49. The molecule has 1 N–H and O–H groups in total. The number of nitrogens with zero attached hydrogens (tertiary/aromatic N) is 4. The van der Waals surface area contributed by atoms with E-state index in [1.807, 2.05) is 54.8 Å². The van der Waals surface area contributed by atoms with Gasteiger partial charge in [0, 0.05) is 32.9 Å². The van der Waals surface area contributed by atoms with Gasteiger partial charge in [-0.2, -0.15) is 0 Å². The molecule has 0 radical (unpaired) electrons. The average molecular weight is 319 g/mol. The van der Waals surface area contributed by atoms with Crippen molar-refractivity contribution in [2.24, 2.45) is 0 Å². The summed E-state index contributed by atoms with van der Waals surface area (Å²) >= 11 is 1.40. The highest BCUT2D eigenvalue weighted by Crippen LogP contribution is 2.14. The van der Waals surface area contributed by atoms with E-state index < -0.39 is 0 Å². The Hall–Kier alpha value is -2.02. The van der Waals surface area contributed by atoms with Crippen LogP contribution in [-0.2, 0) is 17.9 Å². The number of amides is 1. The van der Waals surface area contributed by atoms with E-state index in [0.29, 0.717) is 12.3 Å². The zero-order valence-corrected chi connectivity index (χ0v) is 13.9. The van der Waals surface area contributed by atoms with Crippen LogP contribution in [0.5, 0.6) is 0 Å². The van der Waals surface area contributed by atoms with Crippen LogP contribution in [0.3, 0.4) is 0 Å². The Morgan fingerprint density at radius 2 is 2.05 bits per heavy atom. The maximum absolute atomic E-state index is 11.9. The molecule has 0 aliphatic carbocycles. The number of thioether (sulfide) groups is 1. The van der Waals surface area contributed by atoms with Gasteiger partial charge in [0.2, 0.25) is 5.91 Å². The van der Waals surface area contributed by atoms with Crippen molar-refractivity contribution in [3.05, 3.63) is 36.2 Å². The van der Waals surface area contributed by atoms with Gasteiger partial charge in [0.25, 0.3) is 0 Å². The molecule has 7 heteroatoms. The second kappa shape index (κ2) is 7.84. The SMILES string of the molecule is CCn1cnnc1SCC(=O)NCc1ccc(N(C)C)cc1. The summed E-state index contributed by atoms with van der Waals surface area (Å²) in [6.45, 7) is 3.35. The van der Waals surface area contributed by atoms with Gasteiger partial charge < -0.3 is 14.8 Å². The lowest BCUT2D eigenvalue weighted by molar-refractivity contribution is -0.118. The first-order chi connectivity index (χ1) is 10.6. The molecule has 2 aromatic rings. The minimum absolute atomic E-state index is 0.00709. The molecule has 118 valence electrons. The van der Waals surface area contributed by atoms with Crippen molar-refractivity contribution in [1.29, 1.82) is 0 Å². The van der Waals surface area contributed by atoms with E-state index >= 15 is 0 Å². The number of rotatable bonds is 7. The van der Waals surface area contributed by atoms with Gasteiger partial charge in [-0.05, 0) is 24.6 Å². The molecule has 1 amide bonds. The quantitative estimate of drug-likeness (QED) is 0.788. The second-order valence-electron chi connectivity index (χ2n) is 5.03. The Balaban J connectivity index is 1.78. The van der Waals surface area contributed by atoms with Crippen LogP contribution in [0.2, 0.25) is 0 Å². The minimum atomic E-state index is -0.00709. The van der Waals surface area contributed by atoms with Gasteiger partial charge in [-0.15, -0.1) is 10.2 Å². The zero-order chi connectivity index (χ0) is 15.9. The van der Waals surface area contributed by atoms with Crippen LogP contribution in [0.1, 0.15) is 12.5 Å². The van der Waals surface area contributed by atoms with E-state index in [1.54, 1.807) is 6.33 Å². The molecule has 1 aromatic heterocycles. The van der Waals surface area contributed by atoms with E-state index in [-0.39, 0.29) is 5.91 Å². The smallest absolute Gasteiger partial charge is 0.230 e. The van der Waals surface area contributed by atoms with Crippen molar-refractivity contribution in [2.45, 2.75) is 25.2 Å². The normalized spacial score (nSPS) is 10.5. The molecule has 6 nitrogen and oxygen atoms in total. The number of carbonyl (C=O) groups is 1. The zero-order valence-electron chi connectivity index (χ0n) is 13.1. The molecular formula is C15H21N5OS. The van der Waals surface area contributed by atoms with E-state index in [2.05, 4.69) is 15.5 Å². The minimum Gasteiger partial charge on any atom is -0.378 e. The van der Waals surface area contributed by atoms with Gasteiger partial charge in [-0.25, -0.2) is 0 Å². The molecule has 0 unspecified atom stereocenters. The van der Waals surface area contributed by atoms with Crippen LogP contribution in [0.4, 0.5) is 5.69 Å². The van der Waals surface area contributed by atoms with Crippen LogP contribution >= 0.6 is 11.8 Å². The highest BCUT2D eigenvalue weighted by molar-refractivity contribution is 7.99. The van der Waals surface area contributed by atoms with Gasteiger partial charge in [0.15, 0.2) is 5.16 Å². The lowest BCUT2D eigenvalue weighted by Gasteiger charge is -2.12. The van der Waals surface area contributed by atoms with E-state index in [9.17, 15) is 4.79 Å². The topological polar surface area (TPSA) is 63.1 Å². The number of aromatic nitrogens is 3. The van der Waals surface area contributed by atoms with Crippen molar-refractivity contribution in [1.82, 2.24) is 20.1 Å². The second-order valence-corrected chi connectivity index (χ2v) is 5.97. The number of hydrogen-bond acceptors (Lipinski definition) is 5. The fourth-order valence-corrected chi connectivity index (χ4v) is 2.68. The van der Waals surface area contributed by atoms with Crippen molar-refractivity contribution in [3.8, 4) is 0 Å². The lowest BCUT2D eigenvalue weighted by atomic mass is 10.2. The Morgan fingerprint density at radius 1 is 1.32 bits per heavy atom. The van der Waals surface area contributed by atoms with Gasteiger partial charge >= 0.3 is 0 Å². The monoisotopic (exact) mass is 319 g/mol.